The zero-order valence-corrected chi connectivity index (χ0v) is 39.3. The summed E-state index contributed by atoms with van der Waals surface area (Å²) in [6, 6.07) is 101. The molecular weight excluding hydrogens is 855 g/mol. The predicted octanol–water partition coefficient (Wildman–Crippen LogP) is 10.2. The van der Waals surface area contributed by atoms with Gasteiger partial charge < -0.3 is 4.90 Å². The first-order valence-corrected chi connectivity index (χ1v) is 27.5. The molecule has 0 bridgehead atoms. The molecule has 0 fully saturated rings. The highest BCUT2D eigenvalue weighted by Crippen LogP contribution is 2.43. The molecule has 0 radical (unpaired) electrons. The maximum Gasteiger partial charge on any atom is 0.184 e. The fourth-order valence-electron chi connectivity index (χ4n) is 11.6. The molecule has 2 aliphatic heterocycles. The summed E-state index contributed by atoms with van der Waals surface area (Å²) >= 11 is 0. The van der Waals surface area contributed by atoms with Crippen LogP contribution >= 0.6 is 0 Å². The summed E-state index contributed by atoms with van der Waals surface area (Å²) < 4.78 is 0. The molecule has 68 heavy (non-hydrogen) atoms. The number of benzene rings is 10. The third-order valence-electron chi connectivity index (χ3n) is 14.4. The molecule has 3 heterocycles. The van der Waals surface area contributed by atoms with Crippen LogP contribution in [0.3, 0.4) is 0 Å². The summed E-state index contributed by atoms with van der Waals surface area (Å²) in [7, 11) is -5.56. The number of pyridine rings is 1. The summed E-state index contributed by atoms with van der Waals surface area (Å²) in [5.74, 6) is 0.919. The van der Waals surface area contributed by atoms with Gasteiger partial charge in [0.05, 0.1) is 5.69 Å². The van der Waals surface area contributed by atoms with Crippen molar-refractivity contribution in [3.05, 3.63) is 273 Å². The largest absolute Gasteiger partial charge is 0.311 e. The predicted molar refractivity (Wildman–Crippen MR) is 291 cm³/mol. The molecule has 0 aliphatic carbocycles. The smallest absolute Gasteiger partial charge is 0.184 e. The van der Waals surface area contributed by atoms with E-state index in [-0.39, 0.29) is 0 Å². The molecule has 0 saturated heterocycles. The summed E-state index contributed by atoms with van der Waals surface area (Å²) in [5.41, 5.74) is 7.83. The monoisotopic (exact) mass is 899 g/mol. The second-order valence-corrected chi connectivity index (χ2v) is 25.3. The molecule has 11 aromatic rings. The van der Waals surface area contributed by atoms with Gasteiger partial charge in [-0.3, -0.25) is 4.90 Å². The van der Waals surface area contributed by atoms with E-state index >= 15 is 0 Å². The van der Waals surface area contributed by atoms with E-state index in [9.17, 15) is 0 Å². The van der Waals surface area contributed by atoms with Crippen LogP contribution in [-0.4, -0.2) is 21.1 Å². The Kier molecular flexibility index (Phi) is 9.53. The van der Waals surface area contributed by atoms with Crippen LogP contribution in [0.1, 0.15) is 0 Å². The summed E-state index contributed by atoms with van der Waals surface area (Å²) in [5, 5.41) is 13.2. The Morgan fingerprint density at radius 3 is 1.10 bits per heavy atom. The third kappa shape index (κ3) is 5.93. The minimum Gasteiger partial charge on any atom is -0.311 e. The number of nitrogens with zero attached hydrogens (tertiary/aromatic N) is 3. The Hall–Kier alpha value is -8.36. The molecule has 0 amide bonds. The lowest BCUT2D eigenvalue weighted by Crippen LogP contribution is -2.77. The van der Waals surface area contributed by atoms with Gasteiger partial charge in [-0.25, -0.2) is 4.98 Å². The molecule has 1 aromatic heterocycles. The fourth-order valence-corrected chi connectivity index (χ4v) is 21.8. The number of hydrogen-bond acceptors (Lipinski definition) is 3. The van der Waals surface area contributed by atoms with Crippen molar-refractivity contribution in [2.24, 2.45) is 0 Å². The van der Waals surface area contributed by atoms with E-state index in [2.05, 4.69) is 283 Å². The highest BCUT2D eigenvalue weighted by atomic mass is 28.3. The Morgan fingerprint density at radius 1 is 0.294 bits per heavy atom. The normalized spacial score (nSPS) is 14.1. The van der Waals surface area contributed by atoms with Gasteiger partial charge in [0, 0.05) is 39.4 Å². The topological polar surface area (TPSA) is 19.4 Å². The van der Waals surface area contributed by atoms with Gasteiger partial charge >= 0.3 is 0 Å². The van der Waals surface area contributed by atoms with Crippen LogP contribution in [0, 0.1) is 0 Å². The first-order chi connectivity index (χ1) is 33.8. The molecule has 0 N–H and O–H groups in total. The van der Waals surface area contributed by atoms with Crippen LogP contribution in [0.2, 0.25) is 0 Å². The van der Waals surface area contributed by atoms with E-state index in [0.29, 0.717) is 0 Å². The average Bonchev–Trinajstić information content (AvgIpc) is 3.42. The minimum absolute atomic E-state index is 0.919. The minimum atomic E-state index is -2.81. The molecule has 0 spiro atoms. The summed E-state index contributed by atoms with van der Waals surface area (Å²) in [4.78, 5) is 10.7. The van der Waals surface area contributed by atoms with Crippen molar-refractivity contribution < 1.29 is 0 Å². The first kappa shape index (κ1) is 40.0. The van der Waals surface area contributed by atoms with Crippen LogP contribution in [0.5, 0.6) is 0 Å². The van der Waals surface area contributed by atoms with Gasteiger partial charge in [0.1, 0.15) is 5.82 Å². The van der Waals surface area contributed by atoms with Crippen molar-refractivity contribution in [2.45, 2.75) is 0 Å². The van der Waals surface area contributed by atoms with Gasteiger partial charge in [-0.05, 0) is 89.3 Å². The molecule has 0 atom stereocenters. The zero-order valence-electron chi connectivity index (χ0n) is 37.3. The van der Waals surface area contributed by atoms with Crippen LogP contribution < -0.4 is 51.3 Å². The SMILES string of the molecule is c1ccc([Si]2(c3ccccc3)c3ccccc3N(c3cccc(-c4cc5ccccc5c(N5c6ccccc6[Si](c6ccccc6)(c6ccccc6)c6ccccc65)n4)c3)c3ccccc32)cc1. The lowest BCUT2D eigenvalue weighted by molar-refractivity contribution is 1.20. The molecule has 2 aliphatic rings. The van der Waals surface area contributed by atoms with Crippen molar-refractivity contribution in [1.82, 2.24) is 4.98 Å². The van der Waals surface area contributed by atoms with Crippen LogP contribution in [0.4, 0.5) is 34.3 Å². The van der Waals surface area contributed by atoms with Crippen molar-refractivity contribution in [3.63, 3.8) is 0 Å². The van der Waals surface area contributed by atoms with Gasteiger partial charge in [0.25, 0.3) is 0 Å². The van der Waals surface area contributed by atoms with Crippen LogP contribution in [0.15, 0.2) is 273 Å². The van der Waals surface area contributed by atoms with Gasteiger partial charge in [-0.15, -0.1) is 0 Å². The average molecular weight is 900 g/mol. The number of fused-ring (bicyclic) bond motifs is 5. The van der Waals surface area contributed by atoms with E-state index in [4.69, 9.17) is 4.98 Å². The molecule has 320 valence electrons. The van der Waals surface area contributed by atoms with E-state index in [1.807, 2.05) is 0 Å². The Balaban J connectivity index is 1.01. The van der Waals surface area contributed by atoms with Crippen molar-refractivity contribution >= 4 is 103 Å². The number of rotatable bonds is 7. The molecule has 0 saturated carbocycles. The number of para-hydroxylation sites is 4. The lowest BCUT2D eigenvalue weighted by Gasteiger charge is -2.45. The number of anilines is 6. The van der Waals surface area contributed by atoms with E-state index in [1.54, 1.807) is 0 Å². The van der Waals surface area contributed by atoms with Crippen molar-refractivity contribution in [2.75, 3.05) is 9.80 Å². The van der Waals surface area contributed by atoms with Gasteiger partial charge in [-0.1, -0.05) is 231 Å². The fraction of sp³-hybridized carbons (Fsp3) is 0. The zero-order chi connectivity index (χ0) is 45.1. The molecular formula is C63H45N3Si2. The summed E-state index contributed by atoms with van der Waals surface area (Å²) in [6.45, 7) is 0. The van der Waals surface area contributed by atoms with E-state index < -0.39 is 16.1 Å². The number of aromatic nitrogens is 1. The Labute approximate surface area is 399 Å². The van der Waals surface area contributed by atoms with E-state index in [0.717, 1.165) is 33.5 Å². The maximum atomic E-state index is 5.79. The molecule has 10 aromatic carbocycles. The van der Waals surface area contributed by atoms with Crippen LogP contribution in [0.25, 0.3) is 22.0 Å². The quantitative estimate of drug-likeness (QED) is 0.149. The van der Waals surface area contributed by atoms with Crippen molar-refractivity contribution in [1.29, 1.82) is 0 Å². The van der Waals surface area contributed by atoms with Gasteiger partial charge in [0.2, 0.25) is 0 Å². The second kappa shape index (κ2) is 16.2. The molecule has 3 nitrogen and oxygen atoms in total. The Bertz CT molecular complexity index is 3480. The first-order valence-electron chi connectivity index (χ1n) is 23.5. The third-order valence-corrected chi connectivity index (χ3v) is 24.1. The molecule has 5 heteroatoms. The Morgan fingerprint density at radius 2 is 0.662 bits per heavy atom. The summed E-state index contributed by atoms with van der Waals surface area (Å²) in [6.07, 6.45) is 0. The highest BCUT2D eigenvalue weighted by molar-refractivity contribution is 7.22. The van der Waals surface area contributed by atoms with E-state index in [1.165, 1.54) is 64.2 Å². The second-order valence-electron chi connectivity index (χ2n) is 17.8. The highest BCUT2D eigenvalue weighted by Gasteiger charge is 2.50. The molecule has 0 unspecified atom stereocenters. The maximum absolute atomic E-state index is 5.79. The molecule has 13 rings (SSSR count). The number of hydrogen-bond donors (Lipinski definition) is 0. The van der Waals surface area contributed by atoms with Gasteiger partial charge in [-0.2, -0.15) is 0 Å². The van der Waals surface area contributed by atoms with Crippen LogP contribution in [-0.2, 0) is 0 Å². The van der Waals surface area contributed by atoms with Gasteiger partial charge in [0.15, 0.2) is 16.1 Å². The standard InChI is InChI=1S/C63H45N3Si2/c1-5-27-49(28-6-1)67(50-29-7-2-8-30-50)59-40-19-15-36-55(59)65(56-37-16-20-41-60(56)67)48-26-23-25-47(44-48)54-45-46-24-13-14-35-53(46)63(64-54)66-57-38-17-21-42-61(57)68(51-31-9-3-10-32-51,52-33-11-4-12-34-52)62-43-22-18-39-58(62)66/h1-45H. The van der Waals surface area contributed by atoms with Crippen molar-refractivity contribution in [3.8, 4) is 11.3 Å². The lowest BCUT2D eigenvalue weighted by atomic mass is 10.0.